The molecule has 2 aromatic heterocycles. The van der Waals surface area contributed by atoms with Gasteiger partial charge < -0.3 is 4.42 Å². The summed E-state index contributed by atoms with van der Waals surface area (Å²) in [5.41, 5.74) is 2.50. The molecule has 0 fully saturated rings. The van der Waals surface area contributed by atoms with E-state index in [0.29, 0.717) is 23.3 Å². The van der Waals surface area contributed by atoms with Gasteiger partial charge in [0.05, 0.1) is 18.2 Å². The van der Waals surface area contributed by atoms with Crippen molar-refractivity contribution in [1.82, 2.24) is 9.55 Å². The van der Waals surface area contributed by atoms with Crippen LogP contribution in [0, 0.1) is 11.3 Å². The van der Waals surface area contributed by atoms with E-state index in [1.54, 1.807) is 30.5 Å². The van der Waals surface area contributed by atoms with E-state index in [4.69, 9.17) is 9.68 Å². The topological polar surface area (TPSA) is 71.8 Å². The summed E-state index contributed by atoms with van der Waals surface area (Å²) in [6.45, 7) is 0.370. The molecule has 0 spiro atoms. The number of hydrogen-bond donors (Lipinski definition) is 0. The third-order valence-corrected chi connectivity index (χ3v) is 2.85. The average molecular weight is 251 g/mol. The number of nitrogens with zero attached hydrogens (tertiary/aromatic N) is 3. The minimum atomic E-state index is -0.432. The standard InChI is InChI=1S/C14H9N3O2/c15-8-10-3-5-11(6-4-10)9-17-13-12(19-14(17)18)2-1-7-16-13/h1-7H,9H2. The maximum atomic E-state index is 11.8. The molecule has 0 aliphatic rings. The van der Waals surface area contributed by atoms with Crippen molar-refractivity contribution in [3.05, 3.63) is 64.3 Å². The maximum Gasteiger partial charge on any atom is 0.421 e. The molecule has 0 bridgehead atoms. The predicted molar refractivity (Wildman–Crippen MR) is 68.5 cm³/mol. The highest BCUT2D eigenvalue weighted by atomic mass is 16.4. The highest BCUT2D eigenvalue weighted by molar-refractivity contribution is 5.67. The lowest BCUT2D eigenvalue weighted by Crippen LogP contribution is -2.15. The van der Waals surface area contributed by atoms with Gasteiger partial charge in [0.1, 0.15) is 0 Å². The van der Waals surface area contributed by atoms with Crippen LogP contribution in [0.1, 0.15) is 11.1 Å². The van der Waals surface area contributed by atoms with E-state index in [1.807, 2.05) is 12.1 Å². The van der Waals surface area contributed by atoms with Gasteiger partial charge in [0, 0.05) is 6.20 Å². The Balaban J connectivity index is 2.03. The first-order chi connectivity index (χ1) is 9.28. The maximum absolute atomic E-state index is 11.8. The number of aromatic nitrogens is 2. The number of pyridine rings is 1. The summed E-state index contributed by atoms with van der Waals surface area (Å²) >= 11 is 0. The molecule has 0 unspecified atom stereocenters. The summed E-state index contributed by atoms with van der Waals surface area (Å²) in [7, 11) is 0. The Hall–Kier alpha value is -2.87. The van der Waals surface area contributed by atoms with Gasteiger partial charge in [-0.2, -0.15) is 5.26 Å². The molecule has 0 saturated carbocycles. The molecule has 0 radical (unpaired) electrons. The van der Waals surface area contributed by atoms with Gasteiger partial charge in [-0.3, -0.25) is 4.57 Å². The lowest BCUT2D eigenvalue weighted by atomic mass is 10.1. The van der Waals surface area contributed by atoms with E-state index in [2.05, 4.69) is 11.1 Å². The van der Waals surface area contributed by atoms with Crippen molar-refractivity contribution < 1.29 is 4.42 Å². The minimum absolute atomic E-state index is 0.370. The molecule has 1 aromatic carbocycles. The van der Waals surface area contributed by atoms with E-state index in [9.17, 15) is 4.79 Å². The van der Waals surface area contributed by atoms with Crippen LogP contribution >= 0.6 is 0 Å². The zero-order chi connectivity index (χ0) is 13.2. The number of fused-ring (bicyclic) bond motifs is 1. The van der Waals surface area contributed by atoms with Gasteiger partial charge in [-0.15, -0.1) is 0 Å². The molecule has 0 atom stereocenters. The van der Waals surface area contributed by atoms with Crippen LogP contribution < -0.4 is 5.76 Å². The molecule has 0 N–H and O–H groups in total. The second kappa shape index (κ2) is 4.42. The molecule has 0 aliphatic heterocycles. The molecule has 5 heteroatoms. The second-order valence-corrected chi connectivity index (χ2v) is 4.09. The van der Waals surface area contributed by atoms with Crippen molar-refractivity contribution in [2.45, 2.75) is 6.54 Å². The van der Waals surface area contributed by atoms with Crippen molar-refractivity contribution in [3.63, 3.8) is 0 Å². The number of nitriles is 1. The van der Waals surface area contributed by atoms with Gasteiger partial charge in [0.25, 0.3) is 0 Å². The number of oxazole rings is 1. The molecule has 2 heterocycles. The van der Waals surface area contributed by atoms with E-state index in [0.717, 1.165) is 5.56 Å². The fourth-order valence-corrected chi connectivity index (χ4v) is 1.91. The zero-order valence-corrected chi connectivity index (χ0v) is 9.91. The molecule has 0 amide bonds. The van der Waals surface area contributed by atoms with E-state index >= 15 is 0 Å². The molecule has 5 nitrogen and oxygen atoms in total. The van der Waals surface area contributed by atoms with Crippen molar-refractivity contribution in [1.29, 1.82) is 5.26 Å². The summed E-state index contributed by atoms with van der Waals surface area (Å²) in [6.07, 6.45) is 1.62. The third-order valence-electron chi connectivity index (χ3n) is 2.85. The second-order valence-electron chi connectivity index (χ2n) is 4.09. The summed E-state index contributed by atoms with van der Waals surface area (Å²) in [6, 6.07) is 12.5. The first kappa shape index (κ1) is 11.2. The van der Waals surface area contributed by atoms with Gasteiger partial charge in [-0.05, 0) is 29.8 Å². The minimum Gasteiger partial charge on any atom is -0.406 e. The summed E-state index contributed by atoms with van der Waals surface area (Å²) in [4.78, 5) is 15.9. The van der Waals surface area contributed by atoms with Crippen LogP contribution in [0.5, 0.6) is 0 Å². The van der Waals surface area contributed by atoms with Gasteiger partial charge in [-0.25, -0.2) is 9.78 Å². The largest absolute Gasteiger partial charge is 0.421 e. The summed E-state index contributed by atoms with van der Waals surface area (Å²) < 4.78 is 6.58. The Bertz CT molecular complexity index is 822. The van der Waals surface area contributed by atoms with E-state index in [1.165, 1.54) is 4.57 Å². The highest BCUT2D eigenvalue weighted by Gasteiger charge is 2.09. The fourth-order valence-electron chi connectivity index (χ4n) is 1.91. The first-order valence-corrected chi connectivity index (χ1v) is 5.71. The van der Waals surface area contributed by atoms with Gasteiger partial charge >= 0.3 is 5.76 Å². The lowest BCUT2D eigenvalue weighted by molar-refractivity contribution is 0.517. The molecule has 19 heavy (non-hydrogen) atoms. The van der Waals surface area contributed by atoms with E-state index in [-0.39, 0.29) is 0 Å². The Morgan fingerprint density at radius 1 is 1.26 bits per heavy atom. The Kier molecular flexibility index (Phi) is 2.62. The summed E-state index contributed by atoms with van der Waals surface area (Å²) in [5.74, 6) is -0.432. The first-order valence-electron chi connectivity index (χ1n) is 5.71. The van der Waals surface area contributed by atoms with Crippen LogP contribution in [0.25, 0.3) is 11.2 Å². The van der Waals surface area contributed by atoms with Crippen LogP contribution in [0.3, 0.4) is 0 Å². The number of hydrogen-bond acceptors (Lipinski definition) is 4. The van der Waals surface area contributed by atoms with Crippen molar-refractivity contribution in [2.75, 3.05) is 0 Å². The summed E-state index contributed by atoms with van der Waals surface area (Å²) in [5, 5.41) is 8.74. The zero-order valence-electron chi connectivity index (χ0n) is 9.91. The van der Waals surface area contributed by atoms with Gasteiger partial charge in [-0.1, -0.05) is 12.1 Å². The van der Waals surface area contributed by atoms with Crippen LogP contribution in [-0.2, 0) is 6.54 Å². The Labute approximate surface area is 108 Å². The normalized spacial score (nSPS) is 10.5. The van der Waals surface area contributed by atoms with Gasteiger partial charge in [0.2, 0.25) is 0 Å². The fraction of sp³-hybridized carbons (Fsp3) is 0.0714. The average Bonchev–Trinajstić information content (AvgIpc) is 2.76. The quantitative estimate of drug-likeness (QED) is 0.697. The van der Waals surface area contributed by atoms with E-state index < -0.39 is 5.76 Å². The molecule has 3 aromatic rings. The van der Waals surface area contributed by atoms with Gasteiger partial charge in [0.15, 0.2) is 11.2 Å². The molecule has 3 rings (SSSR count). The van der Waals surface area contributed by atoms with Crippen LogP contribution in [0.2, 0.25) is 0 Å². The molecule has 92 valence electrons. The molecular formula is C14H9N3O2. The Morgan fingerprint density at radius 2 is 2.05 bits per heavy atom. The molecular weight excluding hydrogens is 242 g/mol. The molecule has 0 aliphatic carbocycles. The van der Waals surface area contributed by atoms with Crippen molar-refractivity contribution in [2.24, 2.45) is 0 Å². The Morgan fingerprint density at radius 3 is 2.79 bits per heavy atom. The van der Waals surface area contributed by atoms with Crippen LogP contribution in [0.15, 0.2) is 51.8 Å². The van der Waals surface area contributed by atoms with Crippen molar-refractivity contribution >= 4 is 11.2 Å². The van der Waals surface area contributed by atoms with Crippen LogP contribution in [-0.4, -0.2) is 9.55 Å². The van der Waals surface area contributed by atoms with Crippen LogP contribution in [0.4, 0.5) is 0 Å². The highest BCUT2D eigenvalue weighted by Crippen LogP contribution is 2.11. The molecule has 0 saturated heterocycles. The van der Waals surface area contributed by atoms with Crippen molar-refractivity contribution in [3.8, 4) is 6.07 Å². The number of rotatable bonds is 2. The monoisotopic (exact) mass is 251 g/mol. The third kappa shape index (κ3) is 2.00. The smallest absolute Gasteiger partial charge is 0.406 e. The SMILES string of the molecule is N#Cc1ccc(Cn2c(=O)oc3cccnc32)cc1. The number of benzene rings is 1. The predicted octanol–water partition coefficient (Wildman–Crippen LogP) is 1.91. The lowest BCUT2D eigenvalue weighted by Gasteiger charge is -2.01.